The molecule has 0 amide bonds. The Morgan fingerprint density at radius 1 is 1.19 bits per heavy atom. The van der Waals surface area contributed by atoms with Gasteiger partial charge in [-0.2, -0.15) is 0 Å². The van der Waals surface area contributed by atoms with E-state index in [0.29, 0.717) is 23.2 Å². The Kier molecular flexibility index (Phi) is 4.63. The minimum atomic E-state index is -0.168. The number of ketones is 1. The van der Waals surface area contributed by atoms with Crippen molar-refractivity contribution in [1.29, 1.82) is 0 Å². The second-order valence-electron chi connectivity index (χ2n) is 10.3. The van der Waals surface area contributed by atoms with Crippen molar-refractivity contribution in [2.45, 2.75) is 91.4 Å². The van der Waals surface area contributed by atoms with Crippen molar-refractivity contribution in [1.82, 2.24) is 0 Å². The number of Topliss-reactive ketones (excluding diaryl/α,β-unsaturated/α-hetero) is 1. The van der Waals surface area contributed by atoms with Crippen molar-refractivity contribution in [3.63, 3.8) is 0 Å². The molecule has 0 aromatic heterocycles. The summed E-state index contributed by atoms with van der Waals surface area (Å²) in [4.78, 5) is 12.2. The monoisotopic (exact) mass is 359 g/mol. The van der Waals surface area contributed by atoms with Crippen LogP contribution in [-0.2, 0) is 9.53 Å². The highest BCUT2D eigenvalue weighted by Gasteiger charge is 2.59. The van der Waals surface area contributed by atoms with Crippen LogP contribution in [0.5, 0.6) is 0 Å². The molecule has 146 valence electrons. The molecule has 3 saturated carbocycles. The van der Waals surface area contributed by atoms with Crippen molar-refractivity contribution in [2.75, 3.05) is 0 Å². The summed E-state index contributed by atoms with van der Waals surface area (Å²) in [6, 6.07) is 0. The van der Waals surface area contributed by atoms with E-state index in [2.05, 4.69) is 19.9 Å². The van der Waals surface area contributed by atoms with Gasteiger partial charge in [0.25, 0.3) is 0 Å². The molecule has 3 nitrogen and oxygen atoms in total. The first kappa shape index (κ1) is 18.7. The fourth-order valence-electron chi connectivity index (χ4n) is 7.72. The number of hydrogen-bond donors (Lipinski definition) is 1. The zero-order chi connectivity index (χ0) is 18.7. The summed E-state index contributed by atoms with van der Waals surface area (Å²) in [5, 5.41) is 0. The topological polar surface area (TPSA) is 52.3 Å². The summed E-state index contributed by atoms with van der Waals surface area (Å²) in [5.41, 5.74) is 8.11. The van der Waals surface area contributed by atoms with Crippen molar-refractivity contribution in [2.24, 2.45) is 40.2 Å². The summed E-state index contributed by atoms with van der Waals surface area (Å²) in [5.74, 6) is 3.05. The van der Waals surface area contributed by atoms with Crippen molar-refractivity contribution < 1.29 is 9.53 Å². The van der Waals surface area contributed by atoms with Gasteiger partial charge in [0.15, 0.2) is 0 Å². The average Bonchev–Trinajstić information content (AvgIpc) is 2.92. The molecule has 0 spiro atoms. The zero-order valence-corrected chi connectivity index (χ0v) is 17.1. The van der Waals surface area contributed by atoms with Crippen LogP contribution < -0.4 is 5.73 Å². The molecule has 0 aromatic rings. The molecule has 3 fully saturated rings. The van der Waals surface area contributed by atoms with Gasteiger partial charge in [-0.1, -0.05) is 25.5 Å². The molecule has 4 aliphatic rings. The minimum Gasteiger partial charge on any atom is -0.360 e. The van der Waals surface area contributed by atoms with Gasteiger partial charge in [-0.05, 0) is 93.8 Å². The Labute approximate surface area is 159 Å². The number of carbonyl (C=O) groups is 1. The molecule has 3 heteroatoms. The van der Waals surface area contributed by atoms with E-state index in [1.54, 1.807) is 5.57 Å². The molecule has 0 bridgehead atoms. The molecule has 0 saturated heterocycles. The number of carbonyl (C=O) groups excluding carboxylic acids is 1. The molecular formula is C23H37NO2. The lowest BCUT2D eigenvalue weighted by atomic mass is 9.47. The first-order chi connectivity index (χ1) is 12.3. The lowest BCUT2D eigenvalue weighted by molar-refractivity contribution is -0.127. The highest BCUT2D eigenvalue weighted by molar-refractivity contribution is 5.79. The van der Waals surface area contributed by atoms with Gasteiger partial charge in [-0.3, -0.25) is 4.79 Å². The number of rotatable bonds is 3. The van der Waals surface area contributed by atoms with E-state index in [9.17, 15) is 4.79 Å². The molecule has 0 aromatic carbocycles. The molecule has 4 rings (SSSR count). The van der Waals surface area contributed by atoms with Crippen LogP contribution in [0.25, 0.3) is 0 Å². The second kappa shape index (κ2) is 6.44. The Balaban J connectivity index is 1.58. The number of fused-ring (bicyclic) bond motifs is 5. The Hall–Kier alpha value is -0.670. The summed E-state index contributed by atoms with van der Waals surface area (Å²) >= 11 is 0. The van der Waals surface area contributed by atoms with Crippen molar-refractivity contribution in [3.8, 4) is 0 Å². The second-order valence-corrected chi connectivity index (χ2v) is 10.3. The van der Waals surface area contributed by atoms with Crippen LogP contribution in [0.3, 0.4) is 0 Å². The van der Waals surface area contributed by atoms with E-state index in [4.69, 9.17) is 10.5 Å². The quantitative estimate of drug-likeness (QED) is 0.579. The van der Waals surface area contributed by atoms with Gasteiger partial charge in [0.05, 0.1) is 6.10 Å². The van der Waals surface area contributed by atoms with Gasteiger partial charge in [-0.15, -0.1) is 0 Å². The van der Waals surface area contributed by atoms with Crippen LogP contribution in [0, 0.1) is 34.5 Å². The van der Waals surface area contributed by atoms with Gasteiger partial charge in [0, 0.05) is 5.92 Å². The van der Waals surface area contributed by atoms with E-state index in [-0.39, 0.29) is 11.6 Å². The maximum absolute atomic E-state index is 12.2. The maximum Gasteiger partial charge on any atom is 0.133 e. The molecule has 8 atom stereocenters. The molecule has 4 aliphatic carbocycles. The van der Waals surface area contributed by atoms with Gasteiger partial charge in [0.1, 0.15) is 12.0 Å². The zero-order valence-electron chi connectivity index (χ0n) is 17.1. The van der Waals surface area contributed by atoms with Gasteiger partial charge < -0.3 is 10.5 Å². The molecule has 26 heavy (non-hydrogen) atoms. The lowest BCUT2D eigenvalue weighted by Gasteiger charge is -2.58. The standard InChI is InChI=1S/C23H37NO2/c1-14(25)19-7-8-20-18-6-5-16-13-17(26-15(2)24)9-11-22(16,3)21(18)10-12-23(19,20)4/h5,15,17-21H,6-13,24H2,1-4H3/t15?,17?,18-,19+,20-,21-,22-,23+/m0/s1. The fourth-order valence-corrected chi connectivity index (χ4v) is 7.72. The third-order valence-corrected chi connectivity index (χ3v) is 8.96. The Bertz CT molecular complexity index is 611. The smallest absolute Gasteiger partial charge is 0.133 e. The largest absolute Gasteiger partial charge is 0.360 e. The highest BCUT2D eigenvalue weighted by atomic mass is 16.5. The van der Waals surface area contributed by atoms with E-state index >= 15 is 0 Å². The summed E-state index contributed by atoms with van der Waals surface area (Å²) in [6.45, 7) is 8.72. The van der Waals surface area contributed by atoms with Crippen LogP contribution in [0.4, 0.5) is 0 Å². The molecule has 2 N–H and O–H groups in total. The summed E-state index contributed by atoms with van der Waals surface area (Å²) in [7, 11) is 0. The average molecular weight is 360 g/mol. The highest BCUT2D eigenvalue weighted by Crippen LogP contribution is 2.66. The SMILES string of the molecule is CC(=O)[C@H]1CC[C@H]2[C@@H]3CC=C4CC(OC(C)N)CC[C@]4(C)[C@H]3CC[C@]12C. The van der Waals surface area contributed by atoms with E-state index in [1.165, 1.54) is 32.1 Å². The molecule has 0 aliphatic heterocycles. The lowest BCUT2D eigenvalue weighted by Crippen LogP contribution is -2.51. The van der Waals surface area contributed by atoms with Gasteiger partial charge in [0.2, 0.25) is 0 Å². The van der Waals surface area contributed by atoms with E-state index < -0.39 is 0 Å². The van der Waals surface area contributed by atoms with Crippen LogP contribution in [0.1, 0.15) is 79.1 Å². The van der Waals surface area contributed by atoms with E-state index in [0.717, 1.165) is 37.0 Å². The minimum absolute atomic E-state index is 0.168. The number of allylic oxidation sites excluding steroid dienone is 1. The molecular weight excluding hydrogens is 322 g/mol. The normalized spacial score (nSPS) is 48.8. The van der Waals surface area contributed by atoms with E-state index in [1.807, 2.05) is 13.8 Å². The first-order valence-corrected chi connectivity index (χ1v) is 10.9. The number of nitrogens with two attached hydrogens (primary N) is 1. The Morgan fingerprint density at radius 2 is 1.96 bits per heavy atom. The maximum atomic E-state index is 12.2. The predicted molar refractivity (Wildman–Crippen MR) is 104 cm³/mol. The van der Waals surface area contributed by atoms with Crippen molar-refractivity contribution in [3.05, 3.63) is 11.6 Å². The number of hydrogen-bond acceptors (Lipinski definition) is 3. The molecule has 2 unspecified atom stereocenters. The summed E-state index contributed by atoms with van der Waals surface area (Å²) in [6.07, 6.45) is 12.3. The number of ether oxygens (including phenoxy) is 1. The first-order valence-electron chi connectivity index (χ1n) is 10.9. The third-order valence-electron chi connectivity index (χ3n) is 8.96. The Morgan fingerprint density at radius 3 is 2.65 bits per heavy atom. The van der Waals surface area contributed by atoms with Crippen LogP contribution in [-0.4, -0.2) is 18.1 Å². The van der Waals surface area contributed by atoms with Crippen molar-refractivity contribution >= 4 is 5.78 Å². The fraction of sp³-hybridized carbons (Fsp3) is 0.870. The van der Waals surface area contributed by atoms with Crippen LogP contribution >= 0.6 is 0 Å². The molecule has 0 radical (unpaired) electrons. The molecule has 0 heterocycles. The third kappa shape index (κ3) is 2.73. The van der Waals surface area contributed by atoms with Gasteiger partial charge >= 0.3 is 0 Å². The van der Waals surface area contributed by atoms with Crippen LogP contribution in [0.2, 0.25) is 0 Å². The predicted octanol–water partition coefficient (Wildman–Crippen LogP) is 4.84. The van der Waals surface area contributed by atoms with Gasteiger partial charge in [-0.25, -0.2) is 0 Å². The summed E-state index contributed by atoms with van der Waals surface area (Å²) < 4.78 is 5.95. The van der Waals surface area contributed by atoms with Crippen LogP contribution in [0.15, 0.2) is 11.6 Å².